The number of hydrogen-bond acceptors (Lipinski definition) is 4. The molecule has 5 nitrogen and oxygen atoms in total. The summed E-state index contributed by atoms with van der Waals surface area (Å²) >= 11 is 1.27. The van der Waals surface area contributed by atoms with Crippen LogP contribution in [0, 0.1) is 5.82 Å². The highest BCUT2D eigenvalue weighted by atomic mass is 32.2. The van der Waals surface area contributed by atoms with Crippen LogP contribution in [0.2, 0.25) is 0 Å². The van der Waals surface area contributed by atoms with Crippen molar-refractivity contribution < 1.29 is 14.3 Å². The molecule has 0 fully saturated rings. The maximum atomic E-state index is 12.7. The zero-order valence-corrected chi connectivity index (χ0v) is 11.7. The summed E-state index contributed by atoms with van der Waals surface area (Å²) in [6.07, 6.45) is 1.57. The Morgan fingerprint density at radius 2 is 2.15 bits per heavy atom. The normalized spacial score (nSPS) is 10.6. The van der Waals surface area contributed by atoms with E-state index >= 15 is 0 Å². The quantitative estimate of drug-likeness (QED) is 0.825. The van der Waals surface area contributed by atoms with Gasteiger partial charge in [0.15, 0.2) is 5.16 Å². The maximum Gasteiger partial charge on any atom is 0.234 e. The molecule has 0 bridgehead atoms. The number of halogens is 1. The van der Waals surface area contributed by atoms with Crippen molar-refractivity contribution in [2.75, 3.05) is 11.1 Å². The van der Waals surface area contributed by atoms with Gasteiger partial charge in [0.1, 0.15) is 5.82 Å². The second kappa shape index (κ2) is 6.53. The summed E-state index contributed by atoms with van der Waals surface area (Å²) in [5, 5.41) is 12.4. The van der Waals surface area contributed by atoms with Gasteiger partial charge in [-0.15, -0.1) is 0 Å². The predicted octanol–water partition coefficient (Wildman–Crippen LogP) is 1.78. The number of rotatable bonds is 5. The van der Waals surface area contributed by atoms with Gasteiger partial charge in [0.2, 0.25) is 5.91 Å². The Hall–Kier alpha value is -1.86. The molecule has 0 aliphatic heterocycles. The lowest BCUT2D eigenvalue weighted by atomic mass is 10.3. The van der Waals surface area contributed by atoms with Crippen molar-refractivity contribution in [3.05, 3.63) is 42.0 Å². The van der Waals surface area contributed by atoms with Crippen molar-refractivity contribution in [1.29, 1.82) is 0 Å². The first-order valence-corrected chi connectivity index (χ1v) is 6.88. The van der Waals surface area contributed by atoms with Gasteiger partial charge >= 0.3 is 0 Å². The minimum atomic E-state index is -0.345. The van der Waals surface area contributed by atoms with Gasteiger partial charge in [0.25, 0.3) is 0 Å². The number of carbonyl (C=O) groups is 1. The minimum absolute atomic E-state index is 0.0914. The first kappa shape index (κ1) is 14.5. The van der Waals surface area contributed by atoms with Crippen molar-refractivity contribution in [1.82, 2.24) is 9.55 Å². The number of amides is 1. The molecule has 1 amide bonds. The molecule has 0 radical (unpaired) electrons. The third-order valence-corrected chi connectivity index (χ3v) is 3.71. The first-order valence-electron chi connectivity index (χ1n) is 5.90. The Labute approximate surface area is 119 Å². The highest BCUT2D eigenvalue weighted by Gasteiger charge is 2.09. The molecule has 7 heteroatoms. The van der Waals surface area contributed by atoms with E-state index in [0.717, 1.165) is 0 Å². The topological polar surface area (TPSA) is 67.1 Å². The van der Waals surface area contributed by atoms with Gasteiger partial charge in [0.05, 0.1) is 24.3 Å². The van der Waals surface area contributed by atoms with E-state index in [2.05, 4.69) is 10.3 Å². The molecule has 0 unspecified atom stereocenters. The number of aromatic nitrogens is 2. The molecule has 0 saturated heterocycles. The number of nitrogens with one attached hydrogen (secondary N) is 1. The molecule has 2 N–H and O–H groups in total. The van der Waals surface area contributed by atoms with E-state index in [1.807, 2.05) is 0 Å². The summed E-state index contributed by atoms with van der Waals surface area (Å²) in [7, 11) is 1.78. The van der Waals surface area contributed by atoms with E-state index < -0.39 is 0 Å². The van der Waals surface area contributed by atoms with Crippen LogP contribution in [-0.4, -0.2) is 26.3 Å². The highest BCUT2D eigenvalue weighted by molar-refractivity contribution is 7.99. The standard InChI is InChI=1S/C13H14FN3O2S/c1-17-11(7-18)6-15-13(17)20-8-12(19)16-10-4-2-9(14)3-5-10/h2-6,18H,7-8H2,1H3,(H,16,19). The van der Waals surface area contributed by atoms with Gasteiger partial charge in [0, 0.05) is 12.7 Å². The summed E-state index contributed by atoms with van der Waals surface area (Å²) in [6, 6.07) is 5.58. The predicted molar refractivity (Wildman–Crippen MR) is 74.9 cm³/mol. The average molecular weight is 295 g/mol. The number of benzene rings is 1. The van der Waals surface area contributed by atoms with Crippen molar-refractivity contribution in [2.24, 2.45) is 7.05 Å². The van der Waals surface area contributed by atoms with Gasteiger partial charge < -0.3 is 15.0 Å². The van der Waals surface area contributed by atoms with Crippen molar-refractivity contribution in [3.63, 3.8) is 0 Å². The number of hydrogen-bond donors (Lipinski definition) is 2. The highest BCUT2D eigenvalue weighted by Crippen LogP contribution is 2.17. The Balaban J connectivity index is 1.88. The fourth-order valence-electron chi connectivity index (χ4n) is 1.57. The lowest BCUT2D eigenvalue weighted by Gasteiger charge is -2.05. The van der Waals surface area contributed by atoms with Gasteiger partial charge in [-0.25, -0.2) is 9.37 Å². The zero-order valence-electron chi connectivity index (χ0n) is 10.8. The van der Waals surface area contributed by atoms with Crippen LogP contribution in [0.25, 0.3) is 0 Å². The molecule has 2 rings (SSSR count). The number of anilines is 1. The fourth-order valence-corrected chi connectivity index (χ4v) is 2.34. The van der Waals surface area contributed by atoms with E-state index in [0.29, 0.717) is 16.5 Å². The van der Waals surface area contributed by atoms with E-state index in [4.69, 9.17) is 5.11 Å². The molecule has 0 aliphatic carbocycles. The van der Waals surface area contributed by atoms with Crippen molar-refractivity contribution in [3.8, 4) is 0 Å². The summed E-state index contributed by atoms with van der Waals surface area (Å²) in [4.78, 5) is 15.9. The number of imidazole rings is 1. The van der Waals surface area contributed by atoms with E-state index in [-0.39, 0.29) is 24.1 Å². The molecule has 1 heterocycles. The molecular formula is C13H14FN3O2S. The van der Waals surface area contributed by atoms with Gasteiger partial charge in [-0.05, 0) is 24.3 Å². The molecule has 0 atom stereocenters. The lowest BCUT2D eigenvalue weighted by molar-refractivity contribution is -0.113. The Bertz CT molecular complexity index is 598. The van der Waals surface area contributed by atoms with Crippen LogP contribution in [-0.2, 0) is 18.4 Å². The molecule has 2 aromatic rings. The summed E-state index contributed by atoms with van der Waals surface area (Å²) in [6.45, 7) is -0.0914. The third-order valence-electron chi connectivity index (χ3n) is 2.66. The van der Waals surface area contributed by atoms with E-state index in [1.165, 1.54) is 36.0 Å². The van der Waals surface area contributed by atoms with Gasteiger partial charge in [-0.1, -0.05) is 11.8 Å². The fraction of sp³-hybridized carbons (Fsp3) is 0.231. The van der Waals surface area contributed by atoms with Crippen LogP contribution in [0.4, 0.5) is 10.1 Å². The summed E-state index contributed by atoms with van der Waals surface area (Å²) in [5.41, 5.74) is 1.24. The van der Waals surface area contributed by atoms with Crippen LogP contribution in [0.1, 0.15) is 5.69 Å². The number of aliphatic hydroxyl groups excluding tert-OH is 1. The van der Waals surface area contributed by atoms with Crippen LogP contribution in [0.15, 0.2) is 35.6 Å². The smallest absolute Gasteiger partial charge is 0.234 e. The molecule has 0 spiro atoms. The number of carbonyl (C=O) groups excluding carboxylic acids is 1. The monoisotopic (exact) mass is 295 g/mol. The average Bonchev–Trinajstić information content (AvgIpc) is 2.79. The molecular weight excluding hydrogens is 281 g/mol. The Morgan fingerprint density at radius 1 is 1.45 bits per heavy atom. The second-order valence-electron chi connectivity index (χ2n) is 4.09. The van der Waals surface area contributed by atoms with Crippen molar-refractivity contribution in [2.45, 2.75) is 11.8 Å². The molecule has 20 heavy (non-hydrogen) atoms. The lowest BCUT2D eigenvalue weighted by Crippen LogP contribution is -2.14. The largest absolute Gasteiger partial charge is 0.390 e. The molecule has 1 aromatic carbocycles. The molecule has 0 saturated carbocycles. The first-order chi connectivity index (χ1) is 9.60. The van der Waals surface area contributed by atoms with Crippen LogP contribution < -0.4 is 5.32 Å². The minimum Gasteiger partial charge on any atom is -0.390 e. The van der Waals surface area contributed by atoms with Crippen LogP contribution >= 0.6 is 11.8 Å². The van der Waals surface area contributed by atoms with Gasteiger partial charge in [-0.3, -0.25) is 4.79 Å². The SMILES string of the molecule is Cn1c(CO)cnc1SCC(=O)Nc1ccc(F)cc1. The van der Waals surface area contributed by atoms with Crippen LogP contribution in [0.5, 0.6) is 0 Å². The van der Waals surface area contributed by atoms with E-state index in [1.54, 1.807) is 17.8 Å². The number of aliphatic hydroxyl groups is 1. The Kier molecular flexibility index (Phi) is 4.75. The zero-order chi connectivity index (χ0) is 14.5. The van der Waals surface area contributed by atoms with Crippen molar-refractivity contribution >= 4 is 23.4 Å². The molecule has 106 valence electrons. The number of thioether (sulfide) groups is 1. The Morgan fingerprint density at radius 3 is 2.75 bits per heavy atom. The molecule has 0 aliphatic rings. The summed E-state index contributed by atoms with van der Waals surface area (Å²) in [5.74, 6) is -0.357. The number of nitrogens with zero attached hydrogens (tertiary/aromatic N) is 2. The second-order valence-corrected chi connectivity index (χ2v) is 5.04. The van der Waals surface area contributed by atoms with Crippen LogP contribution in [0.3, 0.4) is 0 Å². The maximum absolute atomic E-state index is 12.7. The van der Waals surface area contributed by atoms with E-state index in [9.17, 15) is 9.18 Å². The van der Waals surface area contributed by atoms with Gasteiger partial charge in [-0.2, -0.15) is 0 Å². The third kappa shape index (κ3) is 3.58. The molecule has 1 aromatic heterocycles. The summed E-state index contributed by atoms with van der Waals surface area (Å²) < 4.78 is 14.5.